The topological polar surface area (TPSA) is 18.1 Å². The highest BCUT2D eigenvalue weighted by Crippen LogP contribution is 2.41. The van der Waals surface area contributed by atoms with Crippen LogP contribution in [0.2, 0.25) is 0 Å². The third kappa shape index (κ3) is 2.06. The minimum atomic E-state index is 0.926. The van der Waals surface area contributed by atoms with Crippen molar-refractivity contribution in [1.82, 2.24) is 4.57 Å². The van der Waals surface area contributed by atoms with Crippen LogP contribution in [0.4, 0.5) is 0 Å². The molecule has 2 heterocycles. The molecule has 27 heavy (non-hydrogen) atoms. The maximum atomic E-state index is 6.13. The monoisotopic (exact) mass is 411 g/mol. The van der Waals surface area contributed by atoms with Crippen LogP contribution in [0.25, 0.3) is 49.4 Å². The molecule has 0 bridgehead atoms. The van der Waals surface area contributed by atoms with Gasteiger partial charge in [0.1, 0.15) is 11.2 Å². The highest BCUT2D eigenvalue weighted by Gasteiger charge is 2.18. The Labute approximate surface area is 163 Å². The fraction of sp³-hybridized carbons (Fsp3) is 0. The molecule has 0 unspecified atom stereocenters. The molecule has 0 aliphatic heterocycles. The van der Waals surface area contributed by atoms with E-state index in [9.17, 15) is 0 Å². The number of furan rings is 1. The Morgan fingerprint density at radius 2 is 1.41 bits per heavy atom. The number of nitrogens with zero attached hydrogens (tertiary/aromatic N) is 1. The SMILES string of the molecule is Brc1ccc2c(c1)c1c3c(ccc1n2-c1ccccc1)oc1ccccc13. The molecule has 0 spiro atoms. The maximum Gasteiger partial charge on any atom is 0.136 e. The van der Waals surface area contributed by atoms with E-state index in [4.69, 9.17) is 4.42 Å². The first-order chi connectivity index (χ1) is 13.3. The van der Waals surface area contributed by atoms with Crippen LogP contribution in [-0.4, -0.2) is 4.57 Å². The summed E-state index contributed by atoms with van der Waals surface area (Å²) in [6.07, 6.45) is 0. The van der Waals surface area contributed by atoms with E-state index in [1.165, 1.54) is 27.2 Å². The van der Waals surface area contributed by atoms with Crippen LogP contribution >= 0.6 is 15.9 Å². The fourth-order valence-corrected chi connectivity index (χ4v) is 4.51. The van der Waals surface area contributed by atoms with Crippen LogP contribution in [0.1, 0.15) is 0 Å². The minimum Gasteiger partial charge on any atom is -0.456 e. The Morgan fingerprint density at radius 1 is 0.630 bits per heavy atom. The predicted octanol–water partition coefficient (Wildman–Crippen LogP) is 7.45. The Kier molecular flexibility index (Phi) is 3.06. The number of para-hydroxylation sites is 2. The number of rotatable bonds is 1. The van der Waals surface area contributed by atoms with Gasteiger partial charge in [0.05, 0.1) is 11.0 Å². The van der Waals surface area contributed by atoms with Crippen molar-refractivity contribution in [1.29, 1.82) is 0 Å². The van der Waals surface area contributed by atoms with Crippen molar-refractivity contribution in [3.63, 3.8) is 0 Å². The lowest BCUT2D eigenvalue weighted by atomic mass is 10.1. The number of fused-ring (bicyclic) bond motifs is 7. The van der Waals surface area contributed by atoms with E-state index in [1.54, 1.807) is 0 Å². The van der Waals surface area contributed by atoms with Crippen LogP contribution in [0.15, 0.2) is 93.8 Å². The van der Waals surface area contributed by atoms with Gasteiger partial charge < -0.3 is 8.98 Å². The van der Waals surface area contributed by atoms with Crippen LogP contribution in [0.5, 0.6) is 0 Å². The first-order valence-corrected chi connectivity index (χ1v) is 9.70. The van der Waals surface area contributed by atoms with Crippen molar-refractivity contribution in [2.24, 2.45) is 0 Å². The average molecular weight is 412 g/mol. The highest BCUT2D eigenvalue weighted by atomic mass is 79.9. The first kappa shape index (κ1) is 15.1. The van der Waals surface area contributed by atoms with Crippen LogP contribution < -0.4 is 0 Å². The summed E-state index contributed by atoms with van der Waals surface area (Å²) in [7, 11) is 0. The van der Waals surface area contributed by atoms with Crippen molar-refractivity contribution >= 4 is 59.7 Å². The molecule has 2 aromatic heterocycles. The summed E-state index contributed by atoms with van der Waals surface area (Å²) in [6, 6.07) is 29.5. The molecule has 0 fully saturated rings. The van der Waals surface area contributed by atoms with Crippen LogP contribution in [-0.2, 0) is 0 Å². The summed E-state index contributed by atoms with van der Waals surface area (Å²) in [4.78, 5) is 0. The molecule has 0 aliphatic carbocycles. The van der Waals surface area contributed by atoms with Gasteiger partial charge in [0, 0.05) is 31.7 Å². The molecular formula is C24H14BrNO. The lowest BCUT2D eigenvalue weighted by molar-refractivity contribution is 0.669. The Morgan fingerprint density at radius 3 is 2.30 bits per heavy atom. The van der Waals surface area contributed by atoms with Gasteiger partial charge in [0.15, 0.2) is 0 Å². The molecule has 0 amide bonds. The van der Waals surface area contributed by atoms with E-state index in [1.807, 2.05) is 12.1 Å². The Bertz CT molecular complexity index is 1470. The van der Waals surface area contributed by atoms with Gasteiger partial charge in [-0.2, -0.15) is 0 Å². The summed E-state index contributed by atoms with van der Waals surface area (Å²) in [5.41, 5.74) is 5.39. The van der Waals surface area contributed by atoms with Crippen molar-refractivity contribution in [2.45, 2.75) is 0 Å². The fourth-order valence-electron chi connectivity index (χ4n) is 4.15. The molecule has 6 aromatic rings. The molecule has 4 aromatic carbocycles. The minimum absolute atomic E-state index is 0.926. The smallest absolute Gasteiger partial charge is 0.136 e. The molecule has 0 saturated heterocycles. The summed E-state index contributed by atoms with van der Waals surface area (Å²) in [6.45, 7) is 0. The number of hydrogen-bond donors (Lipinski definition) is 0. The van der Waals surface area contributed by atoms with Crippen molar-refractivity contribution in [3.8, 4) is 5.69 Å². The zero-order valence-electron chi connectivity index (χ0n) is 14.3. The van der Waals surface area contributed by atoms with E-state index < -0.39 is 0 Å². The lowest BCUT2D eigenvalue weighted by Gasteiger charge is -2.07. The van der Waals surface area contributed by atoms with Gasteiger partial charge >= 0.3 is 0 Å². The maximum absolute atomic E-state index is 6.13. The van der Waals surface area contributed by atoms with E-state index in [-0.39, 0.29) is 0 Å². The van der Waals surface area contributed by atoms with Crippen molar-refractivity contribution in [3.05, 3.63) is 89.4 Å². The van der Waals surface area contributed by atoms with Gasteiger partial charge in [0.2, 0.25) is 0 Å². The third-order valence-corrected chi connectivity index (χ3v) is 5.74. The lowest BCUT2D eigenvalue weighted by Crippen LogP contribution is -1.92. The second-order valence-corrected chi connectivity index (χ2v) is 7.68. The number of aromatic nitrogens is 1. The van der Waals surface area contributed by atoms with Gasteiger partial charge in [-0.05, 0) is 48.5 Å². The summed E-state index contributed by atoms with van der Waals surface area (Å²) in [5.74, 6) is 0. The van der Waals surface area contributed by atoms with E-state index in [0.29, 0.717) is 0 Å². The van der Waals surface area contributed by atoms with Crippen molar-refractivity contribution < 1.29 is 4.42 Å². The molecule has 0 N–H and O–H groups in total. The van der Waals surface area contributed by atoms with Gasteiger partial charge in [-0.3, -0.25) is 0 Å². The molecule has 3 heteroatoms. The van der Waals surface area contributed by atoms with Crippen molar-refractivity contribution in [2.75, 3.05) is 0 Å². The normalized spacial score (nSPS) is 11.9. The zero-order chi connectivity index (χ0) is 18.0. The predicted molar refractivity (Wildman–Crippen MR) is 116 cm³/mol. The molecule has 0 radical (unpaired) electrons. The molecule has 0 aliphatic rings. The zero-order valence-corrected chi connectivity index (χ0v) is 15.9. The molecule has 0 saturated carbocycles. The van der Waals surface area contributed by atoms with Gasteiger partial charge in [-0.15, -0.1) is 0 Å². The molecule has 6 rings (SSSR count). The van der Waals surface area contributed by atoms with E-state index in [2.05, 4.69) is 93.3 Å². The second kappa shape index (κ2) is 5.48. The number of halogens is 1. The van der Waals surface area contributed by atoms with E-state index >= 15 is 0 Å². The Balaban J connectivity index is 1.93. The van der Waals surface area contributed by atoms with Gasteiger partial charge in [-0.1, -0.05) is 52.3 Å². The molecule has 0 atom stereocenters. The largest absolute Gasteiger partial charge is 0.456 e. The standard InChI is InChI=1S/C24H14BrNO/c25-15-10-11-19-18(14-15)23-20(26(19)16-6-2-1-3-7-16)12-13-22-24(23)17-8-4-5-9-21(17)27-22/h1-14H. The number of benzene rings is 4. The van der Waals surface area contributed by atoms with Gasteiger partial charge in [0.25, 0.3) is 0 Å². The second-order valence-electron chi connectivity index (χ2n) is 6.76. The highest BCUT2D eigenvalue weighted by molar-refractivity contribution is 9.10. The first-order valence-electron chi connectivity index (χ1n) is 8.90. The van der Waals surface area contributed by atoms with E-state index in [0.717, 1.165) is 26.7 Å². The quantitative estimate of drug-likeness (QED) is 0.274. The summed E-state index contributed by atoms with van der Waals surface area (Å²) in [5, 5.41) is 4.80. The molecule has 2 nitrogen and oxygen atoms in total. The number of hydrogen-bond acceptors (Lipinski definition) is 1. The molecular weight excluding hydrogens is 398 g/mol. The van der Waals surface area contributed by atoms with Gasteiger partial charge in [-0.25, -0.2) is 0 Å². The summed E-state index contributed by atoms with van der Waals surface area (Å²) >= 11 is 3.66. The van der Waals surface area contributed by atoms with Crippen LogP contribution in [0.3, 0.4) is 0 Å². The molecule has 128 valence electrons. The van der Waals surface area contributed by atoms with Crippen LogP contribution in [0, 0.1) is 0 Å². The third-order valence-electron chi connectivity index (χ3n) is 5.25. The summed E-state index contributed by atoms with van der Waals surface area (Å²) < 4.78 is 9.54. The Hall–Kier alpha value is -3.04. The average Bonchev–Trinajstić information content (AvgIpc) is 3.23.